The Hall–Kier alpha value is -1.71. The fourth-order valence-corrected chi connectivity index (χ4v) is 1.94. The van der Waals surface area contributed by atoms with Crippen molar-refractivity contribution in [2.24, 2.45) is 0 Å². The van der Waals surface area contributed by atoms with Crippen LogP contribution in [0.1, 0.15) is 45.6 Å². The van der Waals surface area contributed by atoms with Gasteiger partial charge in [-0.1, -0.05) is 13.0 Å². The number of hydrogen-bond acceptors (Lipinski definition) is 3. The summed E-state index contributed by atoms with van der Waals surface area (Å²) in [5.74, 6) is 0.885. The number of benzene rings is 1. The largest absolute Gasteiger partial charge is 0.508 e. The van der Waals surface area contributed by atoms with Crippen LogP contribution in [-0.4, -0.2) is 23.7 Å². The molecule has 0 bridgehead atoms. The minimum absolute atomic E-state index is 0.0252. The van der Waals surface area contributed by atoms with Crippen molar-refractivity contribution in [3.63, 3.8) is 0 Å². The van der Waals surface area contributed by atoms with Gasteiger partial charge in [0.25, 0.3) is 0 Å². The van der Waals surface area contributed by atoms with E-state index in [1.807, 2.05) is 33.8 Å². The van der Waals surface area contributed by atoms with Crippen LogP contribution in [-0.2, 0) is 4.79 Å². The molecule has 0 aliphatic rings. The SMILES string of the molecule is CCNC(=O)CC(C)c1ccc(O)cc1OC(C)C. The van der Waals surface area contributed by atoms with Crippen molar-refractivity contribution < 1.29 is 14.6 Å². The molecule has 1 aromatic rings. The van der Waals surface area contributed by atoms with Crippen LogP contribution in [0.3, 0.4) is 0 Å². The number of carbonyl (C=O) groups is 1. The molecule has 1 rings (SSSR count). The molecule has 0 fully saturated rings. The molecule has 1 aromatic carbocycles. The summed E-state index contributed by atoms with van der Waals surface area (Å²) in [6.45, 7) is 8.38. The first-order valence-corrected chi connectivity index (χ1v) is 6.70. The van der Waals surface area contributed by atoms with Crippen LogP contribution in [0.5, 0.6) is 11.5 Å². The number of amides is 1. The molecule has 0 radical (unpaired) electrons. The third-order valence-electron chi connectivity index (χ3n) is 2.76. The summed E-state index contributed by atoms with van der Waals surface area (Å²) < 4.78 is 5.70. The molecule has 0 aliphatic heterocycles. The molecule has 2 N–H and O–H groups in total. The minimum Gasteiger partial charge on any atom is -0.508 e. The lowest BCUT2D eigenvalue weighted by atomic mass is 9.96. The van der Waals surface area contributed by atoms with Crippen LogP contribution in [0.2, 0.25) is 0 Å². The van der Waals surface area contributed by atoms with Gasteiger partial charge in [0.2, 0.25) is 5.91 Å². The molecular weight excluding hydrogens is 242 g/mol. The summed E-state index contributed by atoms with van der Waals surface area (Å²) in [5, 5.41) is 12.3. The van der Waals surface area contributed by atoms with Crippen molar-refractivity contribution in [1.82, 2.24) is 5.32 Å². The number of carbonyl (C=O) groups excluding carboxylic acids is 1. The molecule has 4 nitrogen and oxygen atoms in total. The zero-order chi connectivity index (χ0) is 14.4. The molecule has 0 aromatic heterocycles. The maximum absolute atomic E-state index is 11.6. The average molecular weight is 265 g/mol. The Morgan fingerprint density at radius 2 is 2.05 bits per heavy atom. The number of phenolic OH excluding ortho intramolecular Hbond substituents is 1. The molecule has 0 spiro atoms. The molecule has 19 heavy (non-hydrogen) atoms. The molecule has 1 atom stereocenters. The second-order valence-electron chi connectivity index (χ2n) is 4.95. The maximum atomic E-state index is 11.6. The van der Waals surface area contributed by atoms with E-state index in [0.717, 1.165) is 5.56 Å². The van der Waals surface area contributed by atoms with Gasteiger partial charge in [0.1, 0.15) is 11.5 Å². The average Bonchev–Trinajstić information content (AvgIpc) is 2.28. The van der Waals surface area contributed by atoms with E-state index >= 15 is 0 Å². The number of ether oxygens (including phenoxy) is 1. The van der Waals surface area contributed by atoms with E-state index in [1.165, 1.54) is 0 Å². The van der Waals surface area contributed by atoms with E-state index in [9.17, 15) is 9.90 Å². The van der Waals surface area contributed by atoms with Gasteiger partial charge >= 0.3 is 0 Å². The maximum Gasteiger partial charge on any atom is 0.220 e. The highest BCUT2D eigenvalue weighted by molar-refractivity contribution is 5.76. The van der Waals surface area contributed by atoms with Crippen molar-refractivity contribution in [2.45, 2.75) is 46.1 Å². The van der Waals surface area contributed by atoms with Gasteiger partial charge in [-0.2, -0.15) is 0 Å². The first kappa shape index (κ1) is 15.3. The highest BCUT2D eigenvalue weighted by Crippen LogP contribution is 2.32. The standard InChI is InChI=1S/C15H23NO3/c1-5-16-15(18)8-11(4)13-7-6-12(17)9-14(13)19-10(2)3/h6-7,9-11,17H,5,8H2,1-4H3,(H,16,18). The van der Waals surface area contributed by atoms with Gasteiger partial charge < -0.3 is 15.2 Å². The summed E-state index contributed by atoms with van der Waals surface area (Å²) in [5.41, 5.74) is 0.942. The van der Waals surface area contributed by atoms with E-state index in [4.69, 9.17) is 4.74 Å². The number of nitrogens with one attached hydrogen (secondary N) is 1. The Morgan fingerprint density at radius 1 is 1.37 bits per heavy atom. The van der Waals surface area contributed by atoms with Crippen molar-refractivity contribution in [1.29, 1.82) is 0 Å². The van der Waals surface area contributed by atoms with Crippen LogP contribution in [0.4, 0.5) is 0 Å². The summed E-state index contributed by atoms with van der Waals surface area (Å²) in [7, 11) is 0. The van der Waals surface area contributed by atoms with Gasteiger partial charge in [-0.3, -0.25) is 4.79 Å². The number of aromatic hydroxyl groups is 1. The fraction of sp³-hybridized carbons (Fsp3) is 0.533. The van der Waals surface area contributed by atoms with E-state index in [2.05, 4.69) is 5.32 Å². The van der Waals surface area contributed by atoms with E-state index in [1.54, 1.807) is 12.1 Å². The molecule has 1 unspecified atom stereocenters. The normalized spacial score (nSPS) is 12.3. The van der Waals surface area contributed by atoms with Crippen molar-refractivity contribution in [3.05, 3.63) is 23.8 Å². The Kier molecular flexibility index (Phi) is 5.67. The summed E-state index contributed by atoms with van der Waals surface area (Å²) in [6.07, 6.45) is 0.435. The Labute approximate surface area is 114 Å². The molecule has 0 aliphatic carbocycles. The van der Waals surface area contributed by atoms with E-state index in [-0.39, 0.29) is 23.7 Å². The fourth-order valence-electron chi connectivity index (χ4n) is 1.94. The zero-order valence-electron chi connectivity index (χ0n) is 12.1. The smallest absolute Gasteiger partial charge is 0.220 e. The molecule has 0 heterocycles. The predicted octanol–water partition coefficient (Wildman–Crippen LogP) is 2.81. The summed E-state index contributed by atoms with van der Waals surface area (Å²) in [6, 6.07) is 5.04. The molecule has 1 amide bonds. The molecule has 106 valence electrons. The highest BCUT2D eigenvalue weighted by atomic mass is 16.5. The molecule has 0 saturated heterocycles. The van der Waals surface area contributed by atoms with Crippen LogP contribution in [0, 0.1) is 0 Å². The minimum atomic E-state index is 0.0252. The lowest BCUT2D eigenvalue weighted by Crippen LogP contribution is -2.24. The number of phenols is 1. The first-order valence-electron chi connectivity index (χ1n) is 6.70. The third kappa shape index (κ3) is 4.81. The topological polar surface area (TPSA) is 58.6 Å². The lowest BCUT2D eigenvalue weighted by molar-refractivity contribution is -0.121. The second kappa shape index (κ2) is 7.02. The molecule has 0 saturated carbocycles. The van der Waals surface area contributed by atoms with Crippen LogP contribution >= 0.6 is 0 Å². The van der Waals surface area contributed by atoms with Crippen molar-refractivity contribution >= 4 is 5.91 Å². The van der Waals surface area contributed by atoms with Crippen LogP contribution < -0.4 is 10.1 Å². The quantitative estimate of drug-likeness (QED) is 0.831. The van der Waals surface area contributed by atoms with E-state index in [0.29, 0.717) is 18.7 Å². The van der Waals surface area contributed by atoms with Crippen LogP contribution in [0.25, 0.3) is 0 Å². The first-order chi connectivity index (χ1) is 8.93. The Bertz CT molecular complexity index is 429. The monoisotopic (exact) mass is 265 g/mol. The van der Waals surface area contributed by atoms with Gasteiger partial charge in [0.15, 0.2) is 0 Å². The van der Waals surface area contributed by atoms with Gasteiger partial charge in [-0.15, -0.1) is 0 Å². The van der Waals surface area contributed by atoms with Crippen molar-refractivity contribution in [3.8, 4) is 11.5 Å². The van der Waals surface area contributed by atoms with Gasteiger partial charge in [0, 0.05) is 19.0 Å². The second-order valence-corrected chi connectivity index (χ2v) is 4.95. The van der Waals surface area contributed by atoms with Gasteiger partial charge in [0.05, 0.1) is 6.10 Å². The Balaban J connectivity index is 2.88. The van der Waals surface area contributed by atoms with E-state index < -0.39 is 0 Å². The summed E-state index contributed by atoms with van der Waals surface area (Å²) >= 11 is 0. The predicted molar refractivity (Wildman–Crippen MR) is 75.6 cm³/mol. The summed E-state index contributed by atoms with van der Waals surface area (Å²) in [4.78, 5) is 11.6. The lowest BCUT2D eigenvalue weighted by Gasteiger charge is -2.19. The Morgan fingerprint density at radius 3 is 2.63 bits per heavy atom. The number of hydrogen-bond donors (Lipinski definition) is 2. The molecular formula is C15H23NO3. The van der Waals surface area contributed by atoms with Crippen molar-refractivity contribution in [2.75, 3.05) is 6.54 Å². The third-order valence-corrected chi connectivity index (χ3v) is 2.76. The van der Waals surface area contributed by atoms with Gasteiger partial charge in [-0.05, 0) is 38.3 Å². The van der Waals surface area contributed by atoms with Gasteiger partial charge in [-0.25, -0.2) is 0 Å². The molecule has 4 heteroatoms. The number of rotatable bonds is 6. The zero-order valence-corrected chi connectivity index (χ0v) is 12.1. The highest BCUT2D eigenvalue weighted by Gasteiger charge is 2.16. The van der Waals surface area contributed by atoms with Crippen LogP contribution in [0.15, 0.2) is 18.2 Å².